The van der Waals surface area contributed by atoms with Gasteiger partial charge in [0.25, 0.3) is 5.91 Å². The maximum Gasteiger partial charge on any atom is 0.338 e. The van der Waals surface area contributed by atoms with Crippen molar-refractivity contribution in [1.29, 1.82) is 0 Å². The maximum atomic E-state index is 12.4. The van der Waals surface area contributed by atoms with E-state index in [-0.39, 0.29) is 35.2 Å². The Hall–Kier alpha value is -3.08. The van der Waals surface area contributed by atoms with Gasteiger partial charge in [0.05, 0.1) is 34.0 Å². The summed E-state index contributed by atoms with van der Waals surface area (Å²) >= 11 is 13.0. The van der Waals surface area contributed by atoms with E-state index in [1.807, 2.05) is 0 Å². The van der Waals surface area contributed by atoms with Crippen molar-refractivity contribution >= 4 is 58.4 Å². The van der Waals surface area contributed by atoms with Gasteiger partial charge >= 0.3 is 5.97 Å². The number of carbonyl (C=O) groups excluding carboxylic acids is 3. The molecule has 1 aromatic heterocycles. The Labute approximate surface area is 216 Å². The summed E-state index contributed by atoms with van der Waals surface area (Å²) in [6.07, 6.45) is -0.238. The van der Waals surface area contributed by atoms with Crippen LogP contribution < -0.4 is 10.6 Å². The average molecular weight is 536 g/mol. The number of anilines is 1. The average Bonchev–Trinajstić information content (AvgIpc) is 3.16. The fourth-order valence-corrected chi connectivity index (χ4v) is 3.88. The minimum atomic E-state index is -0.455. The second-order valence-corrected chi connectivity index (χ2v) is 9.40. The van der Waals surface area contributed by atoms with E-state index in [1.54, 1.807) is 61.9 Å². The van der Waals surface area contributed by atoms with Crippen LogP contribution in [-0.4, -0.2) is 44.4 Å². The molecule has 0 radical (unpaired) electrons. The van der Waals surface area contributed by atoms with Crippen molar-refractivity contribution in [1.82, 2.24) is 20.1 Å². The van der Waals surface area contributed by atoms with Crippen LogP contribution in [0.15, 0.2) is 47.6 Å². The Morgan fingerprint density at radius 1 is 1.06 bits per heavy atom. The Morgan fingerprint density at radius 2 is 1.83 bits per heavy atom. The van der Waals surface area contributed by atoms with Gasteiger partial charge < -0.3 is 19.9 Å². The Morgan fingerprint density at radius 3 is 2.54 bits per heavy atom. The van der Waals surface area contributed by atoms with Crippen LogP contribution in [0.3, 0.4) is 0 Å². The van der Waals surface area contributed by atoms with Gasteiger partial charge in [-0.25, -0.2) is 4.79 Å². The third-order valence-corrected chi connectivity index (χ3v) is 6.33. The molecule has 0 atom stereocenters. The molecular weight excluding hydrogens is 513 g/mol. The van der Waals surface area contributed by atoms with Crippen molar-refractivity contribution in [3.63, 3.8) is 0 Å². The van der Waals surface area contributed by atoms with Crippen molar-refractivity contribution in [2.45, 2.75) is 31.7 Å². The topological polar surface area (TPSA) is 115 Å². The van der Waals surface area contributed by atoms with Crippen molar-refractivity contribution in [2.75, 3.05) is 11.1 Å². The highest BCUT2D eigenvalue weighted by atomic mass is 35.5. The number of ether oxygens (including phenoxy) is 1. The SMILES string of the molecule is CC(C)OC(=O)c1cccc(NC(=O)CSc2nnc(CNC(=O)c3ccc(Cl)c(Cl)c3)n2C)c1. The monoisotopic (exact) mass is 535 g/mol. The third-order valence-electron chi connectivity index (χ3n) is 4.57. The highest BCUT2D eigenvalue weighted by Gasteiger charge is 2.15. The van der Waals surface area contributed by atoms with Crippen molar-refractivity contribution in [2.24, 2.45) is 7.05 Å². The van der Waals surface area contributed by atoms with Gasteiger partial charge in [-0.3, -0.25) is 9.59 Å². The molecule has 2 N–H and O–H groups in total. The number of carbonyl (C=O) groups is 3. The summed E-state index contributed by atoms with van der Waals surface area (Å²) in [6, 6.07) is 11.1. The molecule has 1 heterocycles. The molecular formula is C23H23Cl2N5O4S. The first-order valence-corrected chi connectivity index (χ1v) is 12.2. The first-order chi connectivity index (χ1) is 16.6. The standard InChI is InChI=1S/C23H23Cl2N5O4S/c1-13(2)34-22(33)15-5-4-6-16(9-15)27-20(31)12-35-23-29-28-19(30(23)3)11-26-21(32)14-7-8-17(24)18(25)10-14/h4-10,13H,11-12H2,1-3H3,(H,26,32)(H,27,31). The fraction of sp³-hybridized carbons (Fsp3) is 0.261. The van der Waals surface area contributed by atoms with Gasteiger partial charge in [-0.05, 0) is 50.2 Å². The number of esters is 1. The summed E-state index contributed by atoms with van der Waals surface area (Å²) < 4.78 is 6.87. The zero-order valence-corrected chi connectivity index (χ0v) is 21.5. The largest absolute Gasteiger partial charge is 0.459 e. The fourth-order valence-electron chi connectivity index (χ4n) is 2.86. The number of benzene rings is 2. The number of halogens is 2. The van der Waals surface area contributed by atoms with E-state index >= 15 is 0 Å². The summed E-state index contributed by atoms with van der Waals surface area (Å²) in [4.78, 5) is 36.8. The van der Waals surface area contributed by atoms with Gasteiger partial charge in [0, 0.05) is 18.3 Å². The molecule has 0 bridgehead atoms. The number of amides is 2. The molecule has 35 heavy (non-hydrogen) atoms. The van der Waals surface area contributed by atoms with Crippen LogP contribution in [0.5, 0.6) is 0 Å². The normalized spacial score (nSPS) is 10.8. The molecule has 0 saturated heterocycles. The number of nitrogens with zero attached hydrogens (tertiary/aromatic N) is 3. The minimum absolute atomic E-state index is 0.0717. The van der Waals surface area contributed by atoms with Gasteiger partial charge in [0.15, 0.2) is 11.0 Å². The highest BCUT2D eigenvalue weighted by Crippen LogP contribution is 2.22. The summed E-state index contributed by atoms with van der Waals surface area (Å²) in [5, 5.41) is 14.8. The summed E-state index contributed by atoms with van der Waals surface area (Å²) in [7, 11) is 1.74. The van der Waals surface area contributed by atoms with Crippen molar-refractivity contribution in [3.05, 3.63) is 69.5 Å². The minimum Gasteiger partial charge on any atom is -0.459 e. The van der Waals surface area contributed by atoms with Gasteiger partial charge in [-0.2, -0.15) is 0 Å². The van der Waals surface area contributed by atoms with E-state index in [0.717, 1.165) is 0 Å². The zero-order valence-electron chi connectivity index (χ0n) is 19.2. The first kappa shape index (κ1) is 26.5. The van der Waals surface area contributed by atoms with E-state index in [1.165, 1.54) is 17.8 Å². The van der Waals surface area contributed by atoms with Crippen molar-refractivity contribution < 1.29 is 19.1 Å². The molecule has 0 fully saturated rings. The number of rotatable bonds is 9. The van der Waals surface area contributed by atoms with Crippen LogP contribution >= 0.6 is 35.0 Å². The number of nitrogens with one attached hydrogen (secondary N) is 2. The van der Waals surface area contributed by atoms with E-state index < -0.39 is 5.97 Å². The quantitative estimate of drug-likeness (QED) is 0.309. The molecule has 0 aliphatic carbocycles. The Balaban J connectivity index is 1.52. The van der Waals surface area contributed by atoms with Crippen LogP contribution in [0.1, 0.15) is 40.4 Å². The lowest BCUT2D eigenvalue weighted by Gasteiger charge is -2.10. The highest BCUT2D eigenvalue weighted by molar-refractivity contribution is 7.99. The molecule has 0 aliphatic rings. The summed E-state index contributed by atoms with van der Waals surface area (Å²) in [6.45, 7) is 3.67. The van der Waals surface area contributed by atoms with Gasteiger partial charge in [-0.1, -0.05) is 41.0 Å². The Kier molecular flexibility index (Phi) is 9.13. The molecule has 2 amide bonds. The number of thioether (sulfide) groups is 1. The van der Waals surface area contributed by atoms with E-state index in [0.29, 0.717) is 32.8 Å². The third kappa shape index (κ3) is 7.45. The lowest BCUT2D eigenvalue weighted by atomic mass is 10.2. The second kappa shape index (κ2) is 12.1. The molecule has 0 aliphatic heterocycles. The van der Waals surface area contributed by atoms with Gasteiger partial charge in [0.1, 0.15) is 0 Å². The molecule has 3 rings (SSSR count). The van der Waals surface area contributed by atoms with Gasteiger partial charge in [-0.15, -0.1) is 10.2 Å². The van der Waals surface area contributed by atoms with Crippen LogP contribution in [-0.2, 0) is 23.1 Å². The maximum absolute atomic E-state index is 12.4. The Bertz CT molecular complexity index is 1250. The predicted molar refractivity (Wildman–Crippen MR) is 135 cm³/mol. The number of hydrogen-bond acceptors (Lipinski definition) is 7. The van der Waals surface area contributed by atoms with E-state index in [4.69, 9.17) is 27.9 Å². The molecule has 2 aromatic carbocycles. The zero-order chi connectivity index (χ0) is 25.5. The van der Waals surface area contributed by atoms with E-state index in [2.05, 4.69) is 20.8 Å². The molecule has 0 unspecified atom stereocenters. The number of hydrogen-bond donors (Lipinski definition) is 2. The molecule has 9 nitrogen and oxygen atoms in total. The molecule has 0 spiro atoms. The molecule has 3 aromatic rings. The van der Waals surface area contributed by atoms with Gasteiger partial charge in [0.2, 0.25) is 5.91 Å². The van der Waals surface area contributed by atoms with E-state index in [9.17, 15) is 14.4 Å². The lowest BCUT2D eigenvalue weighted by molar-refractivity contribution is -0.113. The van der Waals surface area contributed by atoms with Crippen LogP contribution in [0, 0.1) is 0 Å². The second-order valence-electron chi connectivity index (χ2n) is 7.64. The predicted octanol–water partition coefficient (Wildman–Crippen LogP) is 4.35. The summed E-state index contributed by atoms with van der Waals surface area (Å²) in [5.41, 5.74) is 1.21. The lowest BCUT2D eigenvalue weighted by Crippen LogP contribution is -2.24. The molecule has 0 saturated carbocycles. The van der Waals surface area contributed by atoms with Crippen LogP contribution in [0.25, 0.3) is 0 Å². The first-order valence-electron chi connectivity index (χ1n) is 10.5. The smallest absolute Gasteiger partial charge is 0.338 e. The molecule has 12 heteroatoms. The summed E-state index contributed by atoms with van der Waals surface area (Å²) in [5.74, 6) is -0.482. The number of aromatic nitrogens is 3. The molecule has 184 valence electrons. The van der Waals surface area contributed by atoms with Crippen LogP contribution in [0.2, 0.25) is 10.0 Å². The van der Waals surface area contributed by atoms with Crippen molar-refractivity contribution in [3.8, 4) is 0 Å². The van der Waals surface area contributed by atoms with Crippen LogP contribution in [0.4, 0.5) is 5.69 Å².